The number of benzene rings is 2. The van der Waals surface area contributed by atoms with Gasteiger partial charge in [-0.15, -0.1) is 0 Å². The van der Waals surface area contributed by atoms with Crippen LogP contribution in [-0.4, -0.2) is 76.2 Å². The van der Waals surface area contributed by atoms with Crippen molar-refractivity contribution < 1.29 is 52.4 Å². The number of halogens is 7. The van der Waals surface area contributed by atoms with Crippen molar-refractivity contribution in [2.24, 2.45) is 5.92 Å². The van der Waals surface area contributed by atoms with Gasteiger partial charge in [-0.1, -0.05) is 36.4 Å². The Morgan fingerprint density at radius 1 is 0.841 bits per heavy atom. The van der Waals surface area contributed by atoms with Gasteiger partial charge in [0.15, 0.2) is 9.84 Å². The molecule has 2 heterocycles. The van der Waals surface area contributed by atoms with Crippen molar-refractivity contribution in [3.8, 4) is 0 Å². The number of hydrogen-bond acceptors (Lipinski definition) is 5. The monoisotopic (exact) mass is 670 g/mol. The maximum atomic E-state index is 15.0. The van der Waals surface area contributed by atoms with Gasteiger partial charge < -0.3 is 4.90 Å². The van der Waals surface area contributed by atoms with Crippen molar-refractivity contribution in [2.75, 3.05) is 25.9 Å². The highest BCUT2D eigenvalue weighted by atomic mass is 32.2. The van der Waals surface area contributed by atoms with E-state index in [4.69, 9.17) is 0 Å². The maximum Gasteiger partial charge on any atom is 0.435 e. The Hall–Kier alpha value is -2.72. The van der Waals surface area contributed by atoms with Gasteiger partial charge in [0.2, 0.25) is 15.9 Å². The highest BCUT2D eigenvalue weighted by Gasteiger charge is 2.74. The average molecular weight is 671 g/mol. The lowest BCUT2D eigenvalue weighted by Gasteiger charge is -2.44. The Morgan fingerprint density at radius 2 is 1.43 bits per heavy atom. The quantitative estimate of drug-likeness (QED) is 0.424. The van der Waals surface area contributed by atoms with E-state index < -0.39 is 66.1 Å². The second kappa shape index (κ2) is 10.7. The molecule has 2 fully saturated rings. The second-order valence-electron chi connectivity index (χ2n) is 11.5. The molecule has 2 aromatic rings. The third-order valence-electron chi connectivity index (χ3n) is 9.15. The first-order valence-electron chi connectivity index (χ1n) is 13.8. The minimum Gasteiger partial charge on any atom is -0.337 e. The highest BCUT2D eigenvalue weighted by Crippen LogP contribution is 2.57. The predicted octanol–water partition coefficient (Wildman–Crippen LogP) is 4.86. The van der Waals surface area contributed by atoms with E-state index in [1.807, 2.05) is 0 Å². The molecule has 0 aromatic heterocycles. The van der Waals surface area contributed by atoms with Crippen molar-refractivity contribution in [1.29, 1.82) is 0 Å². The molecule has 0 spiro atoms. The number of hydrogen-bond donors (Lipinski definition) is 0. The lowest BCUT2D eigenvalue weighted by molar-refractivity contribution is -0.348. The number of sulfonamides is 1. The molecule has 5 rings (SSSR count). The molecule has 16 heteroatoms. The highest BCUT2D eigenvalue weighted by molar-refractivity contribution is 7.92. The largest absolute Gasteiger partial charge is 0.435 e. The van der Waals surface area contributed by atoms with Gasteiger partial charge in [-0.05, 0) is 55.4 Å². The summed E-state index contributed by atoms with van der Waals surface area (Å²) in [7, 11) is -7.90. The molecule has 3 aliphatic rings. The number of fused-ring (bicyclic) bond motifs is 3. The van der Waals surface area contributed by atoms with E-state index in [2.05, 4.69) is 0 Å². The van der Waals surface area contributed by atoms with Crippen LogP contribution in [0.15, 0.2) is 53.4 Å². The molecular weight excluding hydrogens is 641 g/mol. The fourth-order valence-electron chi connectivity index (χ4n) is 6.97. The van der Waals surface area contributed by atoms with Gasteiger partial charge in [0.1, 0.15) is 4.75 Å². The summed E-state index contributed by atoms with van der Waals surface area (Å²) in [6.45, 7) is 0.119. The van der Waals surface area contributed by atoms with E-state index >= 15 is 0 Å². The van der Waals surface area contributed by atoms with Gasteiger partial charge >= 0.3 is 18.0 Å². The SMILES string of the molecule is CS(=O)(=O)N1CCC(C(=O)N2CC[C@@]3(S(=O)(=O)c4ccccc4)c4ccc(C(F)(C(F)(F)F)C(F)(F)F)cc4CC[C@@H]23)CC1. The van der Waals surface area contributed by atoms with Gasteiger partial charge in [-0.2, -0.15) is 26.3 Å². The molecule has 2 aliphatic heterocycles. The second-order valence-corrected chi connectivity index (χ2v) is 15.7. The number of aryl methyl sites for hydroxylation is 1. The summed E-state index contributed by atoms with van der Waals surface area (Å²) in [5, 5.41) is 0. The summed E-state index contributed by atoms with van der Waals surface area (Å²) >= 11 is 0. The lowest BCUT2D eigenvalue weighted by atomic mass is 9.76. The zero-order chi connectivity index (χ0) is 32.5. The van der Waals surface area contributed by atoms with Crippen LogP contribution < -0.4 is 0 Å². The summed E-state index contributed by atoms with van der Waals surface area (Å²) in [5.74, 6) is -1.01. The Balaban J connectivity index is 1.60. The standard InChI is InChI=1S/C28H29F7N2O5S2/c1-43(39,40)36-14-11-18(12-15-36)24(38)37-16-13-25(44(41,42)21-5-3-2-4-6-21)22-9-8-20(17-19(22)7-10-23(25)37)26(29,27(30,31)32)28(33,34)35/h2-6,8-9,17-18,23H,7,10-16H2,1H3/t23-,25-/m1/s1. The first kappa shape index (κ1) is 32.7. The molecule has 2 saturated heterocycles. The summed E-state index contributed by atoms with van der Waals surface area (Å²) in [6.07, 6.45) is -11.8. The molecule has 0 radical (unpaired) electrons. The van der Waals surface area contributed by atoms with E-state index in [0.29, 0.717) is 12.1 Å². The van der Waals surface area contributed by atoms with Crippen LogP contribution in [0.2, 0.25) is 0 Å². The molecule has 1 aliphatic carbocycles. The molecule has 44 heavy (non-hydrogen) atoms. The first-order chi connectivity index (χ1) is 20.3. The van der Waals surface area contributed by atoms with Crippen LogP contribution in [0.1, 0.15) is 42.4 Å². The third-order valence-corrected chi connectivity index (χ3v) is 13.0. The van der Waals surface area contributed by atoms with Crippen molar-refractivity contribution in [3.05, 3.63) is 65.2 Å². The molecule has 0 N–H and O–H groups in total. The number of sulfone groups is 1. The van der Waals surface area contributed by atoms with Crippen LogP contribution >= 0.6 is 0 Å². The average Bonchev–Trinajstić information content (AvgIpc) is 3.36. The number of alkyl halides is 7. The number of carbonyl (C=O) groups excluding carboxylic acids is 1. The van der Waals surface area contributed by atoms with Crippen LogP contribution in [0.3, 0.4) is 0 Å². The van der Waals surface area contributed by atoms with Crippen LogP contribution in [0.25, 0.3) is 0 Å². The summed E-state index contributed by atoms with van der Waals surface area (Å²) in [5.41, 5.74) is -7.64. The Morgan fingerprint density at radius 3 is 1.98 bits per heavy atom. The fraction of sp³-hybridized carbons (Fsp3) is 0.536. The van der Waals surface area contributed by atoms with E-state index in [1.165, 1.54) is 33.5 Å². The van der Waals surface area contributed by atoms with Crippen LogP contribution in [-0.2, 0) is 41.5 Å². The van der Waals surface area contributed by atoms with Gasteiger partial charge in [-0.25, -0.2) is 25.5 Å². The van der Waals surface area contributed by atoms with Crippen LogP contribution in [0.4, 0.5) is 30.7 Å². The molecule has 1 amide bonds. The fourth-order valence-corrected chi connectivity index (χ4v) is 10.2. The topological polar surface area (TPSA) is 91.8 Å². The number of likely N-dealkylation sites (tertiary alicyclic amines) is 1. The van der Waals surface area contributed by atoms with Crippen LogP contribution in [0.5, 0.6) is 0 Å². The maximum absolute atomic E-state index is 15.0. The number of nitrogens with zero attached hydrogens (tertiary/aromatic N) is 2. The first-order valence-corrected chi connectivity index (χ1v) is 17.1. The van der Waals surface area contributed by atoms with Crippen molar-refractivity contribution >= 4 is 25.8 Å². The number of amides is 1. The Bertz CT molecular complexity index is 1640. The van der Waals surface area contributed by atoms with E-state index in [-0.39, 0.29) is 67.8 Å². The van der Waals surface area contributed by atoms with E-state index in [0.717, 1.165) is 12.3 Å². The molecule has 2 atom stereocenters. The van der Waals surface area contributed by atoms with E-state index in [1.54, 1.807) is 6.07 Å². The van der Waals surface area contributed by atoms with Gasteiger partial charge in [0, 0.05) is 31.1 Å². The van der Waals surface area contributed by atoms with E-state index in [9.17, 15) is 52.4 Å². The summed E-state index contributed by atoms with van der Waals surface area (Å²) in [6, 6.07) is 7.69. The molecular formula is C28H29F7N2O5S2. The van der Waals surface area contributed by atoms with Crippen LogP contribution in [0, 0.1) is 5.92 Å². The zero-order valence-electron chi connectivity index (χ0n) is 23.3. The molecule has 2 aromatic carbocycles. The zero-order valence-corrected chi connectivity index (χ0v) is 25.0. The summed E-state index contributed by atoms with van der Waals surface area (Å²) < 4.78 is 148. The minimum absolute atomic E-state index is 0.0683. The summed E-state index contributed by atoms with van der Waals surface area (Å²) in [4.78, 5) is 15.1. The van der Waals surface area contributed by atoms with Gasteiger partial charge in [0.25, 0.3) is 0 Å². The van der Waals surface area contributed by atoms with Crippen molar-refractivity contribution in [3.63, 3.8) is 0 Å². The van der Waals surface area contributed by atoms with Gasteiger partial charge in [0.05, 0.1) is 17.2 Å². The number of rotatable bonds is 5. The molecule has 0 bridgehead atoms. The van der Waals surface area contributed by atoms with Gasteiger partial charge in [-0.3, -0.25) is 4.79 Å². The Labute approximate surface area is 250 Å². The minimum atomic E-state index is -6.34. The smallest absolute Gasteiger partial charge is 0.337 e. The molecule has 7 nitrogen and oxygen atoms in total. The van der Waals surface area contributed by atoms with Crippen molar-refractivity contribution in [2.45, 2.75) is 65.8 Å². The number of carbonyl (C=O) groups is 1. The number of piperidine rings is 1. The molecule has 0 unspecified atom stereocenters. The molecule has 242 valence electrons. The normalized spacial score (nSPS) is 24.2. The molecule has 0 saturated carbocycles. The third kappa shape index (κ3) is 4.91. The Kier molecular flexibility index (Phi) is 7.93. The lowest BCUT2D eigenvalue weighted by Crippen LogP contribution is -2.54. The van der Waals surface area contributed by atoms with Crippen molar-refractivity contribution in [1.82, 2.24) is 9.21 Å². The predicted molar refractivity (Wildman–Crippen MR) is 144 cm³/mol.